The monoisotopic (exact) mass is 316 g/mol. The molecule has 0 aliphatic carbocycles. The molecule has 0 spiro atoms. The van der Waals surface area contributed by atoms with E-state index in [1.54, 1.807) is 13.3 Å². The highest BCUT2D eigenvalue weighted by atomic mass is 16.2. The number of rotatable bonds is 5. The van der Waals surface area contributed by atoms with Crippen molar-refractivity contribution >= 4 is 11.7 Å². The Kier molecular flexibility index (Phi) is 3.87. The van der Waals surface area contributed by atoms with Crippen LogP contribution in [0, 0.1) is 0 Å². The third-order valence-corrected chi connectivity index (χ3v) is 3.40. The molecule has 0 unspecified atom stereocenters. The van der Waals surface area contributed by atoms with Crippen LogP contribution in [-0.4, -0.2) is 40.3 Å². The molecule has 0 aliphatic heterocycles. The molecule has 23 heavy (non-hydrogen) atoms. The quantitative estimate of drug-likeness (QED) is 0.678. The zero-order valence-electron chi connectivity index (χ0n) is 12.7. The van der Waals surface area contributed by atoms with Crippen molar-refractivity contribution in [2.24, 2.45) is 0 Å². The predicted molar refractivity (Wildman–Crippen MR) is 79.8 cm³/mol. The van der Waals surface area contributed by atoms with E-state index in [0.717, 1.165) is 17.5 Å². The fourth-order valence-corrected chi connectivity index (χ4v) is 2.31. The molecule has 1 amide bonds. The molecule has 10 nitrogen and oxygen atoms in total. The molecule has 3 aromatic rings. The molecule has 0 bridgehead atoms. The molecule has 10 heteroatoms. The molecule has 3 heterocycles. The zero-order chi connectivity index (χ0) is 16.4. The van der Waals surface area contributed by atoms with E-state index in [0.29, 0.717) is 5.82 Å². The van der Waals surface area contributed by atoms with Gasteiger partial charge in [0.2, 0.25) is 0 Å². The molecule has 0 radical (unpaired) electrons. The van der Waals surface area contributed by atoms with Gasteiger partial charge in [0.15, 0.2) is 5.82 Å². The molecule has 0 aromatic carbocycles. The van der Waals surface area contributed by atoms with Crippen LogP contribution < -0.4 is 10.9 Å². The number of nitrogens with zero attached hydrogens (tertiary/aromatic N) is 6. The summed E-state index contributed by atoms with van der Waals surface area (Å²) < 4.78 is 2.98. The Morgan fingerprint density at radius 1 is 1.43 bits per heavy atom. The van der Waals surface area contributed by atoms with Gasteiger partial charge in [-0.3, -0.25) is 14.7 Å². The minimum Gasteiger partial charge on any atom is -0.342 e. The maximum atomic E-state index is 12.3. The number of fused-ring (bicyclic) bond motifs is 1. The molecular weight excluding hydrogens is 300 g/mol. The van der Waals surface area contributed by atoms with Crippen LogP contribution in [0.15, 0.2) is 23.6 Å². The van der Waals surface area contributed by atoms with Crippen LogP contribution in [-0.2, 0) is 6.54 Å². The summed E-state index contributed by atoms with van der Waals surface area (Å²) in [6.07, 6.45) is 5.10. The average molecular weight is 316 g/mol. The fourth-order valence-electron chi connectivity index (χ4n) is 2.31. The van der Waals surface area contributed by atoms with Gasteiger partial charge in [0.05, 0.1) is 6.04 Å². The van der Waals surface area contributed by atoms with Gasteiger partial charge in [-0.1, -0.05) is 6.92 Å². The molecule has 2 N–H and O–H groups in total. The Morgan fingerprint density at radius 3 is 3.04 bits per heavy atom. The van der Waals surface area contributed by atoms with Crippen molar-refractivity contribution in [1.29, 1.82) is 0 Å². The van der Waals surface area contributed by atoms with Crippen LogP contribution in [0.1, 0.15) is 42.5 Å². The van der Waals surface area contributed by atoms with Crippen molar-refractivity contribution < 1.29 is 4.79 Å². The van der Waals surface area contributed by atoms with E-state index in [1.165, 1.54) is 12.5 Å². The second kappa shape index (κ2) is 5.99. The third kappa shape index (κ3) is 2.70. The van der Waals surface area contributed by atoms with Crippen LogP contribution >= 0.6 is 0 Å². The van der Waals surface area contributed by atoms with E-state index in [-0.39, 0.29) is 11.3 Å². The Bertz CT molecular complexity index is 893. The number of hydrogen-bond acceptors (Lipinski definition) is 6. The first-order valence-electron chi connectivity index (χ1n) is 7.21. The first kappa shape index (κ1) is 14.9. The van der Waals surface area contributed by atoms with Crippen LogP contribution in [0.2, 0.25) is 0 Å². The smallest absolute Gasteiger partial charge is 0.286 e. The number of aryl methyl sites for hydroxylation is 1. The fraction of sp³-hybridized carbons (Fsp3) is 0.385. The highest BCUT2D eigenvalue weighted by Gasteiger charge is 2.19. The van der Waals surface area contributed by atoms with Crippen molar-refractivity contribution in [2.75, 3.05) is 0 Å². The Balaban J connectivity index is 1.84. The third-order valence-electron chi connectivity index (χ3n) is 3.40. The van der Waals surface area contributed by atoms with Gasteiger partial charge in [0.25, 0.3) is 17.2 Å². The van der Waals surface area contributed by atoms with E-state index in [1.807, 2.05) is 11.5 Å². The number of amides is 1. The molecule has 0 saturated heterocycles. The van der Waals surface area contributed by atoms with Gasteiger partial charge in [0, 0.05) is 12.7 Å². The Morgan fingerprint density at radius 2 is 2.26 bits per heavy atom. The van der Waals surface area contributed by atoms with Gasteiger partial charge < -0.3 is 9.88 Å². The minimum absolute atomic E-state index is 0.0693. The van der Waals surface area contributed by atoms with Crippen LogP contribution in [0.4, 0.5) is 0 Å². The molecule has 120 valence electrons. The van der Waals surface area contributed by atoms with Crippen molar-refractivity contribution in [1.82, 2.24) is 39.7 Å². The molecule has 1 atom stereocenters. The van der Waals surface area contributed by atoms with Gasteiger partial charge >= 0.3 is 0 Å². The standard InChI is InChI=1S/C13H16N8O2/c1-3-4-20-7-16-19-10(20)8(2)18-11(22)9-5-14-13-15-6-17-21(13)12(9)23/h5-8H,3-4H2,1-2H3,(H,18,22)(H,14,15,17)/t8-/m1/s1. The largest absolute Gasteiger partial charge is 0.342 e. The second-order valence-corrected chi connectivity index (χ2v) is 5.08. The van der Waals surface area contributed by atoms with Gasteiger partial charge in [-0.15, -0.1) is 10.2 Å². The summed E-state index contributed by atoms with van der Waals surface area (Å²) in [6.45, 7) is 4.58. The van der Waals surface area contributed by atoms with Crippen LogP contribution in [0.5, 0.6) is 0 Å². The summed E-state index contributed by atoms with van der Waals surface area (Å²) in [6, 6.07) is -0.390. The molecule has 0 saturated carbocycles. The van der Waals surface area contributed by atoms with Crippen molar-refractivity contribution in [2.45, 2.75) is 32.9 Å². The number of carbonyl (C=O) groups is 1. The Hall–Kier alpha value is -3.04. The minimum atomic E-state index is -0.523. The van der Waals surface area contributed by atoms with Crippen LogP contribution in [0.25, 0.3) is 5.78 Å². The van der Waals surface area contributed by atoms with Crippen molar-refractivity contribution in [3.8, 4) is 0 Å². The van der Waals surface area contributed by atoms with E-state index in [4.69, 9.17) is 0 Å². The summed E-state index contributed by atoms with van der Waals surface area (Å²) in [5.41, 5.74) is -0.576. The van der Waals surface area contributed by atoms with E-state index in [9.17, 15) is 9.59 Å². The molecular formula is C13H16N8O2. The first-order chi connectivity index (χ1) is 11.1. The maximum Gasteiger partial charge on any atom is 0.286 e. The molecule has 0 fully saturated rings. The number of hydrogen-bond donors (Lipinski definition) is 2. The number of aromatic amines is 1. The summed E-state index contributed by atoms with van der Waals surface area (Å²) in [5, 5.41) is 13.3. The lowest BCUT2D eigenvalue weighted by molar-refractivity contribution is 0.0935. The van der Waals surface area contributed by atoms with E-state index < -0.39 is 17.5 Å². The normalized spacial score (nSPS) is 12.4. The van der Waals surface area contributed by atoms with E-state index >= 15 is 0 Å². The number of carbonyl (C=O) groups excluding carboxylic acids is 1. The summed E-state index contributed by atoms with van der Waals surface area (Å²) in [4.78, 5) is 32.4. The first-order valence-corrected chi connectivity index (χ1v) is 7.21. The highest BCUT2D eigenvalue weighted by molar-refractivity contribution is 5.93. The number of nitrogens with one attached hydrogen (secondary N) is 2. The van der Waals surface area contributed by atoms with Crippen LogP contribution in [0.3, 0.4) is 0 Å². The predicted octanol–water partition coefficient (Wildman–Crippen LogP) is -0.0899. The lowest BCUT2D eigenvalue weighted by Gasteiger charge is -2.14. The van der Waals surface area contributed by atoms with Crippen molar-refractivity contribution in [3.63, 3.8) is 0 Å². The number of aromatic nitrogens is 7. The summed E-state index contributed by atoms with van der Waals surface area (Å²) in [7, 11) is 0. The van der Waals surface area contributed by atoms with E-state index in [2.05, 4.69) is 30.6 Å². The van der Waals surface area contributed by atoms with Gasteiger partial charge in [-0.2, -0.15) is 4.52 Å². The van der Waals surface area contributed by atoms with Gasteiger partial charge in [0.1, 0.15) is 18.2 Å². The zero-order valence-corrected chi connectivity index (χ0v) is 12.7. The lowest BCUT2D eigenvalue weighted by Crippen LogP contribution is -2.34. The number of H-pyrrole nitrogens is 1. The molecule has 0 aliphatic rings. The summed E-state index contributed by atoms with van der Waals surface area (Å²) in [5.74, 6) is 0.322. The lowest BCUT2D eigenvalue weighted by atomic mass is 10.2. The second-order valence-electron chi connectivity index (χ2n) is 5.08. The average Bonchev–Trinajstić information content (AvgIpc) is 3.16. The molecule has 3 aromatic heterocycles. The highest BCUT2D eigenvalue weighted by Crippen LogP contribution is 2.10. The SMILES string of the molecule is CCCn1cnnc1[C@@H](C)NC(=O)c1cnc2nc[nH]n2c1=O. The maximum absolute atomic E-state index is 12.3. The van der Waals surface area contributed by atoms with Gasteiger partial charge in [-0.05, 0) is 13.3 Å². The topological polar surface area (TPSA) is 123 Å². The van der Waals surface area contributed by atoms with Gasteiger partial charge in [-0.25, -0.2) is 9.97 Å². The molecule has 3 rings (SSSR count). The van der Waals surface area contributed by atoms with Crippen molar-refractivity contribution in [3.05, 3.63) is 40.6 Å². The Labute approximate surface area is 130 Å². The summed E-state index contributed by atoms with van der Waals surface area (Å²) >= 11 is 0.